The predicted molar refractivity (Wildman–Crippen MR) is 55.4 cm³/mol. The van der Waals surface area contributed by atoms with Gasteiger partial charge in [0, 0.05) is 10.4 Å². The molecule has 0 aliphatic rings. The third-order valence-electron chi connectivity index (χ3n) is 1.80. The molecule has 2 N–H and O–H groups in total. The zero-order valence-corrected chi connectivity index (χ0v) is 8.61. The first-order valence-electron chi connectivity index (χ1n) is 3.98. The summed E-state index contributed by atoms with van der Waals surface area (Å²) in [6.45, 7) is 4.06. The van der Waals surface area contributed by atoms with E-state index in [9.17, 15) is 0 Å². The molecule has 0 amide bonds. The van der Waals surface area contributed by atoms with Crippen LogP contribution >= 0.6 is 11.8 Å². The second-order valence-electron chi connectivity index (χ2n) is 3.42. The fourth-order valence-corrected chi connectivity index (χ4v) is 1.94. The third kappa shape index (κ3) is 2.02. The van der Waals surface area contributed by atoms with Gasteiger partial charge in [0.1, 0.15) is 0 Å². The van der Waals surface area contributed by atoms with Gasteiger partial charge in [-0.15, -0.1) is 11.8 Å². The zero-order chi connectivity index (χ0) is 9.19. The molecule has 0 saturated carbocycles. The highest BCUT2D eigenvalue weighted by Gasteiger charge is 2.16. The molecule has 0 heterocycles. The van der Waals surface area contributed by atoms with Crippen molar-refractivity contribution in [2.24, 2.45) is 5.73 Å². The molecule has 0 spiro atoms. The Kier molecular flexibility index (Phi) is 2.80. The lowest BCUT2D eigenvalue weighted by Crippen LogP contribution is -2.29. The Morgan fingerprint density at radius 2 is 1.83 bits per heavy atom. The van der Waals surface area contributed by atoms with Crippen molar-refractivity contribution in [3.63, 3.8) is 0 Å². The molecule has 12 heavy (non-hydrogen) atoms. The van der Waals surface area contributed by atoms with Crippen LogP contribution in [0.25, 0.3) is 0 Å². The molecule has 2 heteroatoms. The van der Waals surface area contributed by atoms with E-state index in [-0.39, 0.29) is 5.54 Å². The third-order valence-corrected chi connectivity index (χ3v) is 2.60. The molecule has 0 radical (unpaired) electrons. The fraction of sp³-hybridized carbons (Fsp3) is 0.400. The first-order chi connectivity index (χ1) is 5.55. The van der Waals surface area contributed by atoms with Crippen LogP contribution in [-0.2, 0) is 5.54 Å². The highest BCUT2D eigenvalue weighted by atomic mass is 32.2. The summed E-state index contributed by atoms with van der Waals surface area (Å²) in [4.78, 5) is 1.27. The van der Waals surface area contributed by atoms with Gasteiger partial charge >= 0.3 is 0 Å². The zero-order valence-electron chi connectivity index (χ0n) is 7.79. The van der Waals surface area contributed by atoms with E-state index < -0.39 is 0 Å². The molecule has 0 bridgehead atoms. The van der Waals surface area contributed by atoms with Gasteiger partial charge in [-0.3, -0.25) is 0 Å². The van der Waals surface area contributed by atoms with Crippen molar-refractivity contribution >= 4 is 11.8 Å². The van der Waals surface area contributed by atoms with Crippen molar-refractivity contribution in [2.45, 2.75) is 24.3 Å². The van der Waals surface area contributed by atoms with Gasteiger partial charge in [0.05, 0.1) is 0 Å². The van der Waals surface area contributed by atoms with Crippen LogP contribution in [0.5, 0.6) is 0 Å². The molecule has 1 nitrogen and oxygen atoms in total. The maximum Gasteiger partial charge on any atom is 0.0363 e. The van der Waals surface area contributed by atoms with Crippen LogP contribution in [0.3, 0.4) is 0 Å². The summed E-state index contributed by atoms with van der Waals surface area (Å²) in [5.41, 5.74) is 7.00. The summed E-state index contributed by atoms with van der Waals surface area (Å²) < 4.78 is 0. The van der Waals surface area contributed by atoms with Crippen LogP contribution in [0.4, 0.5) is 0 Å². The maximum absolute atomic E-state index is 6.02. The number of hydrogen-bond acceptors (Lipinski definition) is 2. The summed E-state index contributed by atoms with van der Waals surface area (Å²) in [6.07, 6.45) is 2.07. The largest absolute Gasteiger partial charge is 0.322 e. The lowest BCUT2D eigenvalue weighted by Gasteiger charge is -2.21. The SMILES string of the molecule is CSc1ccccc1C(C)(C)N. The minimum absolute atomic E-state index is 0.237. The molecule has 0 saturated heterocycles. The highest BCUT2D eigenvalue weighted by molar-refractivity contribution is 7.98. The summed E-state index contributed by atoms with van der Waals surface area (Å²) in [5, 5.41) is 0. The van der Waals surface area contributed by atoms with Crippen molar-refractivity contribution < 1.29 is 0 Å². The van der Waals surface area contributed by atoms with E-state index in [0.717, 1.165) is 0 Å². The van der Waals surface area contributed by atoms with Crippen LogP contribution < -0.4 is 5.73 Å². The average Bonchev–Trinajstić information content (AvgIpc) is 2.03. The normalized spacial score (nSPS) is 11.7. The first kappa shape index (κ1) is 9.62. The van der Waals surface area contributed by atoms with E-state index in [2.05, 4.69) is 18.4 Å². The van der Waals surface area contributed by atoms with E-state index >= 15 is 0 Å². The lowest BCUT2D eigenvalue weighted by atomic mass is 9.96. The smallest absolute Gasteiger partial charge is 0.0363 e. The highest BCUT2D eigenvalue weighted by Crippen LogP contribution is 2.27. The van der Waals surface area contributed by atoms with E-state index in [1.54, 1.807) is 11.8 Å². The van der Waals surface area contributed by atoms with Crippen LogP contribution in [0.2, 0.25) is 0 Å². The number of hydrogen-bond donors (Lipinski definition) is 1. The molecule has 0 unspecified atom stereocenters. The van der Waals surface area contributed by atoms with Crippen molar-refractivity contribution in [1.29, 1.82) is 0 Å². The average molecular weight is 181 g/mol. The topological polar surface area (TPSA) is 26.0 Å². The predicted octanol–water partition coefficient (Wildman–Crippen LogP) is 2.60. The molecular formula is C10H15NS. The van der Waals surface area contributed by atoms with Crippen LogP contribution in [0.1, 0.15) is 19.4 Å². The van der Waals surface area contributed by atoms with Gasteiger partial charge in [0.15, 0.2) is 0 Å². The molecule has 0 fully saturated rings. The quantitative estimate of drug-likeness (QED) is 0.710. The van der Waals surface area contributed by atoms with Gasteiger partial charge in [0.2, 0.25) is 0 Å². The molecule has 0 aliphatic carbocycles. The van der Waals surface area contributed by atoms with Crippen molar-refractivity contribution in [2.75, 3.05) is 6.26 Å². The monoisotopic (exact) mass is 181 g/mol. The van der Waals surface area contributed by atoms with Crippen LogP contribution in [0, 0.1) is 0 Å². The Morgan fingerprint density at radius 1 is 1.25 bits per heavy atom. The van der Waals surface area contributed by atoms with Gasteiger partial charge in [-0.1, -0.05) is 18.2 Å². The van der Waals surface area contributed by atoms with E-state index in [1.165, 1.54) is 10.5 Å². The van der Waals surface area contributed by atoms with Gasteiger partial charge in [0.25, 0.3) is 0 Å². The molecule has 1 aromatic carbocycles. The Morgan fingerprint density at radius 3 is 2.25 bits per heavy atom. The second-order valence-corrected chi connectivity index (χ2v) is 4.27. The molecule has 0 aliphatic heterocycles. The van der Waals surface area contributed by atoms with Crippen LogP contribution in [0.15, 0.2) is 29.2 Å². The summed E-state index contributed by atoms with van der Waals surface area (Å²) in [5.74, 6) is 0. The summed E-state index contributed by atoms with van der Waals surface area (Å²) in [7, 11) is 0. The van der Waals surface area contributed by atoms with Gasteiger partial charge in [-0.25, -0.2) is 0 Å². The van der Waals surface area contributed by atoms with E-state index in [4.69, 9.17) is 5.73 Å². The summed E-state index contributed by atoms with van der Waals surface area (Å²) >= 11 is 1.74. The van der Waals surface area contributed by atoms with Gasteiger partial charge in [-0.2, -0.15) is 0 Å². The second kappa shape index (κ2) is 3.50. The molecule has 0 atom stereocenters. The molecular weight excluding hydrogens is 166 g/mol. The molecule has 1 aromatic rings. The number of thioether (sulfide) groups is 1. The van der Waals surface area contributed by atoms with Crippen molar-refractivity contribution in [3.8, 4) is 0 Å². The van der Waals surface area contributed by atoms with Crippen LogP contribution in [-0.4, -0.2) is 6.26 Å². The number of benzene rings is 1. The number of nitrogens with two attached hydrogens (primary N) is 1. The molecule has 66 valence electrons. The lowest BCUT2D eigenvalue weighted by molar-refractivity contribution is 0.543. The van der Waals surface area contributed by atoms with Crippen molar-refractivity contribution in [3.05, 3.63) is 29.8 Å². The van der Waals surface area contributed by atoms with E-state index in [1.807, 2.05) is 26.0 Å². The van der Waals surface area contributed by atoms with Gasteiger partial charge < -0.3 is 5.73 Å². The maximum atomic E-state index is 6.02. The Balaban J connectivity index is 3.14. The minimum atomic E-state index is -0.237. The fourth-order valence-electron chi connectivity index (χ4n) is 1.18. The van der Waals surface area contributed by atoms with E-state index in [0.29, 0.717) is 0 Å². The molecule has 0 aromatic heterocycles. The Labute approximate surface area is 78.4 Å². The number of rotatable bonds is 2. The Bertz CT molecular complexity index is 263. The summed E-state index contributed by atoms with van der Waals surface area (Å²) in [6, 6.07) is 8.27. The Hall–Kier alpha value is -0.470. The van der Waals surface area contributed by atoms with Gasteiger partial charge in [-0.05, 0) is 31.7 Å². The first-order valence-corrected chi connectivity index (χ1v) is 5.20. The van der Waals surface area contributed by atoms with Crippen molar-refractivity contribution in [1.82, 2.24) is 0 Å². The minimum Gasteiger partial charge on any atom is -0.322 e. The standard InChI is InChI=1S/C10H15NS/c1-10(2,11)8-6-4-5-7-9(8)12-3/h4-7H,11H2,1-3H3. The molecule has 1 rings (SSSR count).